The summed E-state index contributed by atoms with van der Waals surface area (Å²) in [7, 11) is 0. The summed E-state index contributed by atoms with van der Waals surface area (Å²) < 4.78 is 24.0. The lowest BCUT2D eigenvalue weighted by Crippen LogP contribution is -2.49. The van der Waals surface area contributed by atoms with Gasteiger partial charge in [0, 0.05) is 0 Å². The van der Waals surface area contributed by atoms with Crippen molar-refractivity contribution in [1.82, 2.24) is 4.90 Å². The molecule has 0 unspecified atom stereocenters. The average Bonchev–Trinajstić information content (AvgIpc) is 2.51. The van der Waals surface area contributed by atoms with Crippen LogP contribution in [0.25, 0.3) is 0 Å². The second-order valence-corrected chi connectivity index (χ2v) is 5.95. The molecule has 1 rings (SSSR count). The second kappa shape index (κ2) is 5.46. The van der Waals surface area contributed by atoms with Gasteiger partial charge in [0.05, 0.1) is 19.3 Å². The molecule has 1 heterocycles. The molecule has 0 bridgehead atoms. The SMILES string of the molecule is CC(C)(C)OC(=O)N1[C@@H](/C=C(/F)CO)COC1(C)C. The van der Waals surface area contributed by atoms with E-state index in [4.69, 9.17) is 14.6 Å². The van der Waals surface area contributed by atoms with Gasteiger partial charge in [-0.1, -0.05) is 0 Å². The van der Waals surface area contributed by atoms with E-state index in [0.717, 1.165) is 0 Å². The van der Waals surface area contributed by atoms with Crippen molar-refractivity contribution in [3.63, 3.8) is 0 Å². The first-order chi connectivity index (χ1) is 8.57. The first-order valence-electron chi connectivity index (χ1n) is 6.20. The highest BCUT2D eigenvalue weighted by atomic mass is 19.1. The van der Waals surface area contributed by atoms with E-state index in [1.54, 1.807) is 34.6 Å². The number of carbonyl (C=O) groups is 1. The number of amides is 1. The zero-order chi connectivity index (χ0) is 14.8. The van der Waals surface area contributed by atoms with Gasteiger partial charge in [0.15, 0.2) is 0 Å². The molecule has 1 saturated heterocycles. The maximum absolute atomic E-state index is 13.2. The molecule has 6 heteroatoms. The fourth-order valence-electron chi connectivity index (χ4n) is 1.88. The minimum atomic E-state index is -0.876. The van der Waals surface area contributed by atoms with Crippen LogP contribution >= 0.6 is 0 Å². The maximum atomic E-state index is 13.2. The molecule has 19 heavy (non-hydrogen) atoms. The van der Waals surface area contributed by atoms with Crippen molar-refractivity contribution in [2.45, 2.75) is 52.0 Å². The molecule has 5 nitrogen and oxygen atoms in total. The molecular weight excluding hydrogens is 253 g/mol. The predicted molar refractivity (Wildman–Crippen MR) is 68.2 cm³/mol. The Bertz CT molecular complexity index is 373. The number of ether oxygens (including phenoxy) is 2. The monoisotopic (exact) mass is 275 g/mol. The van der Waals surface area contributed by atoms with Gasteiger partial charge in [-0.25, -0.2) is 9.18 Å². The highest BCUT2D eigenvalue weighted by Crippen LogP contribution is 2.30. The molecule has 1 amide bonds. The third kappa shape index (κ3) is 4.18. The fourth-order valence-corrected chi connectivity index (χ4v) is 1.88. The number of hydrogen-bond acceptors (Lipinski definition) is 4. The predicted octanol–water partition coefficient (Wildman–Crippen LogP) is 2.20. The highest BCUT2D eigenvalue weighted by molar-refractivity contribution is 5.70. The fraction of sp³-hybridized carbons (Fsp3) is 0.769. The Morgan fingerprint density at radius 2 is 2.16 bits per heavy atom. The van der Waals surface area contributed by atoms with Crippen LogP contribution in [-0.4, -0.2) is 46.7 Å². The lowest BCUT2D eigenvalue weighted by atomic mass is 10.2. The van der Waals surface area contributed by atoms with Crippen molar-refractivity contribution < 1.29 is 23.8 Å². The summed E-state index contributed by atoms with van der Waals surface area (Å²) in [6.07, 6.45) is 0.612. The van der Waals surface area contributed by atoms with Gasteiger partial charge in [-0.3, -0.25) is 4.90 Å². The van der Waals surface area contributed by atoms with Crippen molar-refractivity contribution in [1.29, 1.82) is 0 Å². The summed E-state index contributed by atoms with van der Waals surface area (Å²) in [5, 5.41) is 8.72. The van der Waals surface area contributed by atoms with Gasteiger partial charge < -0.3 is 14.6 Å². The number of halogens is 1. The lowest BCUT2D eigenvalue weighted by Gasteiger charge is -2.34. The van der Waals surface area contributed by atoms with E-state index in [1.165, 1.54) is 11.0 Å². The van der Waals surface area contributed by atoms with Gasteiger partial charge in [-0.15, -0.1) is 0 Å². The number of carbonyl (C=O) groups excluding carboxylic acids is 1. The molecular formula is C13H22FNO4. The first kappa shape index (κ1) is 15.9. The van der Waals surface area contributed by atoms with Gasteiger partial charge in [-0.2, -0.15) is 0 Å². The van der Waals surface area contributed by atoms with Crippen LogP contribution in [0.15, 0.2) is 11.9 Å². The zero-order valence-electron chi connectivity index (χ0n) is 12.1. The van der Waals surface area contributed by atoms with E-state index in [1.807, 2.05) is 0 Å². The van der Waals surface area contributed by atoms with Crippen LogP contribution in [0.4, 0.5) is 9.18 Å². The Balaban J connectivity index is 2.93. The van der Waals surface area contributed by atoms with Crippen molar-refractivity contribution in [3.8, 4) is 0 Å². The van der Waals surface area contributed by atoms with Crippen molar-refractivity contribution in [2.24, 2.45) is 0 Å². The Morgan fingerprint density at radius 1 is 1.58 bits per heavy atom. The molecule has 0 radical (unpaired) electrons. The minimum absolute atomic E-state index is 0.166. The standard InChI is InChI=1S/C13H22FNO4/c1-12(2,3)19-11(17)15-10(6-9(14)7-16)8-18-13(15,4)5/h6,10,16H,7-8H2,1-5H3/b9-6+/t10-/m0/s1. The second-order valence-electron chi connectivity index (χ2n) is 5.95. The Kier molecular flexibility index (Phi) is 4.58. The summed E-state index contributed by atoms with van der Waals surface area (Å²) >= 11 is 0. The van der Waals surface area contributed by atoms with Crippen LogP contribution in [-0.2, 0) is 9.47 Å². The van der Waals surface area contributed by atoms with Crippen LogP contribution < -0.4 is 0 Å². The molecule has 1 aliphatic heterocycles. The molecule has 0 aromatic carbocycles. The highest BCUT2D eigenvalue weighted by Gasteiger charge is 2.45. The summed E-state index contributed by atoms with van der Waals surface area (Å²) in [6, 6.07) is -0.586. The Hall–Kier alpha value is -1.14. The Morgan fingerprint density at radius 3 is 2.63 bits per heavy atom. The number of nitrogens with zero attached hydrogens (tertiary/aromatic N) is 1. The molecule has 1 atom stereocenters. The molecule has 0 aromatic heterocycles. The third-order valence-corrected chi connectivity index (χ3v) is 2.63. The number of aliphatic hydroxyl groups is 1. The topological polar surface area (TPSA) is 59.0 Å². The number of aliphatic hydroxyl groups excluding tert-OH is 1. The van der Waals surface area contributed by atoms with Crippen molar-refractivity contribution in [2.75, 3.05) is 13.2 Å². The molecule has 0 aromatic rings. The normalized spacial score (nSPS) is 23.6. The Labute approximate surface area is 113 Å². The average molecular weight is 275 g/mol. The van der Waals surface area contributed by atoms with Crippen LogP contribution in [0.1, 0.15) is 34.6 Å². The molecule has 1 aliphatic rings. The largest absolute Gasteiger partial charge is 0.444 e. The first-order valence-corrected chi connectivity index (χ1v) is 6.20. The summed E-state index contributed by atoms with van der Waals surface area (Å²) in [5.41, 5.74) is -1.52. The number of hydrogen-bond donors (Lipinski definition) is 1. The van der Waals surface area contributed by atoms with E-state index >= 15 is 0 Å². The summed E-state index contributed by atoms with van der Waals surface area (Å²) in [6.45, 7) is 8.16. The van der Waals surface area contributed by atoms with Crippen LogP contribution in [0.3, 0.4) is 0 Å². The lowest BCUT2D eigenvalue weighted by molar-refractivity contribution is -0.0611. The van der Waals surface area contributed by atoms with Gasteiger partial charge in [0.2, 0.25) is 0 Å². The van der Waals surface area contributed by atoms with Crippen molar-refractivity contribution >= 4 is 6.09 Å². The van der Waals surface area contributed by atoms with Gasteiger partial charge in [0.25, 0.3) is 0 Å². The van der Waals surface area contributed by atoms with E-state index in [9.17, 15) is 9.18 Å². The van der Waals surface area contributed by atoms with E-state index in [0.29, 0.717) is 0 Å². The summed E-state index contributed by atoms with van der Waals surface area (Å²) in [5.74, 6) is -0.695. The third-order valence-electron chi connectivity index (χ3n) is 2.63. The van der Waals surface area contributed by atoms with E-state index < -0.39 is 35.9 Å². The molecule has 0 saturated carbocycles. The molecule has 1 fully saturated rings. The molecule has 1 N–H and O–H groups in total. The van der Waals surface area contributed by atoms with Crippen LogP contribution in [0.5, 0.6) is 0 Å². The van der Waals surface area contributed by atoms with Gasteiger partial charge in [0.1, 0.15) is 17.2 Å². The molecule has 110 valence electrons. The van der Waals surface area contributed by atoms with E-state index in [2.05, 4.69) is 0 Å². The molecule has 0 spiro atoms. The van der Waals surface area contributed by atoms with Gasteiger partial charge >= 0.3 is 6.09 Å². The van der Waals surface area contributed by atoms with Gasteiger partial charge in [-0.05, 0) is 40.7 Å². The molecule has 0 aliphatic carbocycles. The summed E-state index contributed by atoms with van der Waals surface area (Å²) in [4.78, 5) is 13.5. The van der Waals surface area contributed by atoms with Crippen LogP contribution in [0.2, 0.25) is 0 Å². The van der Waals surface area contributed by atoms with Crippen LogP contribution in [0, 0.1) is 0 Å². The maximum Gasteiger partial charge on any atom is 0.413 e. The number of rotatable bonds is 2. The quantitative estimate of drug-likeness (QED) is 0.839. The zero-order valence-corrected chi connectivity index (χ0v) is 12.1. The minimum Gasteiger partial charge on any atom is -0.444 e. The van der Waals surface area contributed by atoms with Crippen molar-refractivity contribution in [3.05, 3.63) is 11.9 Å². The van der Waals surface area contributed by atoms with E-state index in [-0.39, 0.29) is 6.61 Å². The smallest absolute Gasteiger partial charge is 0.413 e.